The van der Waals surface area contributed by atoms with E-state index in [9.17, 15) is 9.59 Å². The van der Waals surface area contributed by atoms with Gasteiger partial charge in [0.05, 0.1) is 22.9 Å². The van der Waals surface area contributed by atoms with Crippen LogP contribution in [0, 0.1) is 0 Å². The summed E-state index contributed by atoms with van der Waals surface area (Å²) in [5.74, 6) is -0.732. The lowest BCUT2D eigenvalue weighted by Crippen LogP contribution is -2.48. The Morgan fingerprint density at radius 2 is 1.74 bits per heavy atom. The normalized spacial score (nSPS) is 11.4. The molecule has 2 aromatic heterocycles. The highest BCUT2D eigenvalue weighted by atomic mass is 35.5. The van der Waals surface area contributed by atoms with E-state index >= 15 is 0 Å². The summed E-state index contributed by atoms with van der Waals surface area (Å²) in [6.45, 7) is 0.267. The molecule has 4 aromatic rings. The molecule has 172 valence electrons. The minimum absolute atomic E-state index is 0.218. The maximum absolute atomic E-state index is 13.0. The number of halogens is 1. The molecule has 0 spiro atoms. The first kappa shape index (κ1) is 23.4. The van der Waals surface area contributed by atoms with Crippen LogP contribution < -0.4 is 16.0 Å². The molecule has 0 saturated heterocycles. The van der Waals surface area contributed by atoms with Crippen LogP contribution in [0.5, 0.6) is 0 Å². The molecule has 0 fully saturated rings. The van der Waals surface area contributed by atoms with Crippen molar-refractivity contribution in [1.29, 1.82) is 0 Å². The van der Waals surface area contributed by atoms with Crippen molar-refractivity contribution in [1.82, 2.24) is 20.6 Å². The number of aromatic nitrogens is 2. The van der Waals surface area contributed by atoms with E-state index in [1.54, 1.807) is 17.6 Å². The maximum Gasteiger partial charge on any atom is 0.271 e. The molecule has 34 heavy (non-hydrogen) atoms. The van der Waals surface area contributed by atoms with Gasteiger partial charge in [0.15, 0.2) is 5.13 Å². The van der Waals surface area contributed by atoms with Crippen molar-refractivity contribution in [2.45, 2.75) is 19.0 Å². The maximum atomic E-state index is 13.0. The second-order valence-electron chi connectivity index (χ2n) is 7.40. The van der Waals surface area contributed by atoms with E-state index in [4.69, 9.17) is 11.6 Å². The fourth-order valence-electron chi connectivity index (χ4n) is 3.21. The van der Waals surface area contributed by atoms with Crippen LogP contribution in [0.25, 0.3) is 0 Å². The highest BCUT2D eigenvalue weighted by Gasteiger charge is 2.23. The van der Waals surface area contributed by atoms with Crippen molar-refractivity contribution in [3.63, 3.8) is 0 Å². The van der Waals surface area contributed by atoms with Gasteiger partial charge in [0.1, 0.15) is 11.7 Å². The van der Waals surface area contributed by atoms with Gasteiger partial charge in [-0.2, -0.15) is 0 Å². The predicted molar refractivity (Wildman–Crippen MR) is 134 cm³/mol. The Morgan fingerprint density at radius 3 is 2.50 bits per heavy atom. The molecule has 0 bridgehead atoms. The first-order chi connectivity index (χ1) is 16.6. The Kier molecular flexibility index (Phi) is 7.85. The molecule has 2 aromatic carbocycles. The molecule has 0 aliphatic rings. The summed E-state index contributed by atoms with van der Waals surface area (Å²) >= 11 is 7.46. The molecule has 2 heterocycles. The molecule has 0 radical (unpaired) electrons. The first-order valence-electron chi connectivity index (χ1n) is 10.6. The summed E-state index contributed by atoms with van der Waals surface area (Å²) in [7, 11) is 0. The van der Waals surface area contributed by atoms with Crippen molar-refractivity contribution in [3.8, 4) is 0 Å². The molecule has 0 saturated carbocycles. The highest BCUT2D eigenvalue weighted by Crippen LogP contribution is 2.26. The van der Waals surface area contributed by atoms with Crippen LogP contribution in [-0.4, -0.2) is 27.8 Å². The zero-order chi connectivity index (χ0) is 23.8. The van der Waals surface area contributed by atoms with Crippen molar-refractivity contribution in [2.24, 2.45) is 0 Å². The van der Waals surface area contributed by atoms with Crippen LogP contribution in [0.15, 0.2) is 84.4 Å². The summed E-state index contributed by atoms with van der Waals surface area (Å²) in [6.07, 6.45) is 2.01. The number of thiazole rings is 1. The zero-order valence-electron chi connectivity index (χ0n) is 18.1. The summed E-state index contributed by atoms with van der Waals surface area (Å²) in [4.78, 5) is 34.5. The highest BCUT2D eigenvalue weighted by molar-refractivity contribution is 7.14. The molecule has 1 atom stereocenters. The Hall–Kier alpha value is -3.75. The Morgan fingerprint density at radius 1 is 0.971 bits per heavy atom. The van der Waals surface area contributed by atoms with Gasteiger partial charge in [-0.3, -0.25) is 14.6 Å². The number of hydrogen-bond acceptors (Lipinski definition) is 6. The third-order valence-corrected chi connectivity index (χ3v) is 6.01. The van der Waals surface area contributed by atoms with Gasteiger partial charge in [-0.15, -0.1) is 11.3 Å². The van der Waals surface area contributed by atoms with Crippen molar-refractivity contribution < 1.29 is 9.59 Å². The minimum Gasteiger partial charge on any atom is -0.349 e. The number of carbonyl (C=O) groups excluding carboxylic acids is 2. The lowest BCUT2D eigenvalue weighted by molar-refractivity contribution is -0.123. The molecule has 1 unspecified atom stereocenters. The molecule has 4 rings (SSSR count). The third kappa shape index (κ3) is 6.40. The molecule has 0 aliphatic carbocycles. The van der Waals surface area contributed by atoms with Crippen LogP contribution in [0.4, 0.5) is 10.8 Å². The van der Waals surface area contributed by atoms with Gasteiger partial charge >= 0.3 is 0 Å². The lowest BCUT2D eigenvalue weighted by Gasteiger charge is -2.18. The number of anilines is 2. The van der Waals surface area contributed by atoms with Gasteiger partial charge < -0.3 is 16.0 Å². The van der Waals surface area contributed by atoms with Crippen molar-refractivity contribution in [2.75, 3.05) is 5.32 Å². The Labute approximate surface area is 206 Å². The van der Waals surface area contributed by atoms with Gasteiger partial charge in [0, 0.05) is 18.0 Å². The number of benzene rings is 2. The number of nitrogens with zero attached hydrogens (tertiary/aromatic N) is 2. The standard InChI is InChI=1S/C25H22ClN5O2S/c26-19-11-4-5-12-20(19)30-25-31-22(16-34-25)24(33)29-21(14-17-8-2-1-3-9-17)23(32)28-15-18-10-6-7-13-27-18/h1-13,16,21H,14-15H2,(H,28,32)(H,29,33)(H,30,31). The van der Waals surface area contributed by atoms with E-state index in [0.717, 1.165) is 11.3 Å². The lowest BCUT2D eigenvalue weighted by atomic mass is 10.0. The molecule has 9 heteroatoms. The second-order valence-corrected chi connectivity index (χ2v) is 8.66. The molecular formula is C25H22ClN5O2S. The van der Waals surface area contributed by atoms with Crippen molar-refractivity contribution in [3.05, 3.63) is 106 Å². The van der Waals surface area contributed by atoms with E-state index in [1.807, 2.05) is 66.7 Å². The second kappa shape index (κ2) is 11.4. The van der Waals surface area contributed by atoms with Gasteiger partial charge in [-0.1, -0.05) is 60.1 Å². The smallest absolute Gasteiger partial charge is 0.271 e. The van der Waals surface area contributed by atoms with Crippen LogP contribution in [0.2, 0.25) is 5.02 Å². The first-order valence-corrected chi connectivity index (χ1v) is 11.8. The molecular weight excluding hydrogens is 470 g/mol. The predicted octanol–water partition coefficient (Wildman–Crippen LogP) is 4.59. The fourth-order valence-corrected chi connectivity index (χ4v) is 4.09. The molecule has 0 aliphatic heterocycles. The summed E-state index contributed by atoms with van der Waals surface area (Å²) < 4.78 is 0. The number of para-hydroxylation sites is 1. The van der Waals surface area contributed by atoms with Crippen LogP contribution in [-0.2, 0) is 17.8 Å². The van der Waals surface area contributed by atoms with Crippen LogP contribution >= 0.6 is 22.9 Å². The summed E-state index contributed by atoms with van der Waals surface area (Å²) in [5, 5.41) is 11.5. The van der Waals surface area contributed by atoms with E-state index < -0.39 is 11.9 Å². The zero-order valence-corrected chi connectivity index (χ0v) is 19.6. The number of nitrogens with one attached hydrogen (secondary N) is 3. The van der Waals surface area contributed by atoms with Gasteiger partial charge in [-0.05, 0) is 29.8 Å². The van der Waals surface area contributed by atoms with Gasteiger partial charge in [0.25, 0.3) is 5.91 Å². The Bertz CT molecular complexity index is 1250. The minimum atomic E-state index is -0.778. The number of pyridine rings is 1. The van der Waals surface area contributed by atoms with E-state index in [0.29, 0.717) is 22.3 Å². The Balaban J connectivity index is 1.44. The topological polar surface area (TPSA) is 96.0 Å². The largest absolute Gasteiger partial charge is 0.349 e. The summed E-state index contributed by atoms with van der Waals surface area (Å²) in [6, 6.07) is 21.5. The van der Waals surface area contributed by atoms with E-state index in [1.165, 1.54) is 11.3 Å². The van der Waals surface area contributed by atoms with Gasteiger partial charge in [-0.25, -0.2) is 4.98 Å². The average Bonchev–Trinajstić information content (AvgIpc) is 3.33. The number of rotatable bonds is 9. The average molecular weight is 492 g/mol. The molecule has 2 amide bonds. The van der Waals surface area contributed by atoms with E-state index in [-0.39, 0.29) is 18.1 Å². The van der Waals surface area contributed by atoms with Gasteiger partial charge in [0.2, 0.25) is 5.91 Å². The third-order valence-electron chi connectivity index (χ3n) is 4.93. The number of hydrogen-bond donors (Lipinski definition) is 3. The molecule has 3 N–H and O–H groups in total. The van der Waals surface area contributed by atoms with Crippen molar-refractivity contribution >= 4 is 45.6 Å². The summed E-state index contributed by atoms with van der Waals surface area (Å²) in [5.41, 5.74) is 2.58. The SMILES string of the molecule is O=C(NC(Cc1ccccc1)C(=O)NCc1ccccn1)c1csc(Nc2ccccc2Cl)n1. The van der Waals surface area contributed by atoms with Crippen LogP contribution in [0.3, 0.4) is 0 Å². The monoisotopic (exact) mass is 491 g/mol. The number of amides is 2. The number of carbonyl (C=O) groups is 2. The molecule has 7 nitrogen and oxygen atoms in total. The van der Waals surface area contributed by atoms with Crippen LogP contribution in [0.1, 0.15) is 21.7 Å². The fraction of sp³-hybridized carbons (Fsp3) is 0.120. The van der Waals surface area contributed by atoms with E-state index in [2.05, 4.69) is 25.9 Å². The quantitative estimate of drug-likeness (QED) is 0.318.